The van der Waals surface area contributed by atoms with Gasteiger partial charge >= 0.3 is 0 Å². The van der Waals surface area contributed by atoms with Crippen LogP contribution in [0.2, 0.25) is 0 Å². The van der Waals surface area contributed by atoms with Gasteiger partial charge in [0.1, 0.15) is 16.5 Å². The van der Waals surface area contributed by atoms with E-state index in [1.54, 1.807) is 44.2 Å². The minimum atomic E-state index is -3.78. The predicted octanol–water partition coefficient (Wildman–Crippen LogP) is 2.07. The maximum absolute atomic E-state index is 13.0. The first-order valence-electron chi connectivity index (χ1n) is 10.8. The van der Waals surface area contributed by atoms with Gasteiger partial charge in [-0.1, -0.05) is 0 Å². The van der Waals surface area contributed by atoms with Crippen molar-refractivity contribution >= 4 is 21.7 Å². The smallest absolute Gasteiger partial charge is 0.263 e. The Morgan fingerprint density at radius 2 is 1.82 bits per heavy atom. The van der Waals surface area contributed by atoms with Crippen LogP contribution in [0.4, 0.5) is 5.82 Å². The van der Waals surface area contributed by atoms with Gasteiger partial charge in [-0.25, -0.2) is 18.5 Å². The summed E-state index contributed by atoms with van der Waals surface area (Å²) < 4.78 is 28.9. The fourth-order valence-corrected chi connectivity index (χ4v) is 5.12. The molecular weight excluding hydrogens is 442 g/mol. The molecule has 3 heterocycles. The Hall–Kier alpha value is -3.16. The summed E-state index contributed by atoms with van der Waals surface area (Å²) in [6.45, 7) is 3.45. The molecule has 2 aliphatic rings. The third-order valence-corrected chi connectivity index (χ3v) is 7.18. The van der Waals surface area contributed by atoms with Crippen molar-refractivity contribution in [3.63, 3.8) is 0 Å². The number of benzene rings is 1. The van der Waals surface area contributed by atoms with Gasteiger partial charge < -0.3 is 15.0 Å². The van der Waals surface area contributed by atoms with Crippen LogP contribution in [-0.4, -0.2) is 43.0 Å². The monoisotopic (exact) mass is 469 g/mol. The largest absolute Gasteiger partial charge is 0.478 e. The molecule has 2 aliphatic heterocycles. The van der Waals surface area contributed by atoms with Crippen LogP contribution in [0.25, 0.3) is 0 Å². The van der Waals surface area contributed by atoms with Gasteiger partial charge in [0.2, 0.25) is 10.0 Å². The minimum absolute atomic E-state index is 0.00904. The molecular formula is C23H27N5O4S. The van der Waals surface area contributed by atoms with Crippen molar-refractivity contribution in [1.29, 1.82) is 5.26 Å². The molecule has 1 aromatic carbocycles. The molecule has 1 aromatic heterocycles. The summed E-state index contributed by atoms with van der Waals surface area (Å²) in [5, 5.41) is 17.2. The number of sulfonamides is 1. The first-order valence-corrected chi connectivity index (χ1v) is 12.4. The molecule has 9 nitrogen and oxygen atoms in total. The van der Waals surface area contributed by atoms with Gasteiger partial charge in [-0.05, 0) is 75.9 Å². The number of nitrogens with two attached hydrogens (primary N) is 1. The van der Waals surface area contributed by atoms with Crippen molar-refractivity contribution < 1.29 is 17.9 Å². The van der Waals surface area contributed by atoms with Gasteiger partial charge in [-0.3, -0.25) is 4.79 Å². The number of carbonyl (C=O) groups is 1. The first kappa shape index (κ1) is 23.0. The highest BCUT2D eigenvalue weighted by atomic mass is 32.2. The van der Waals surface area contributed by atoms with E-state index in [0.29, 0.717) is 11.3 Å². The van der Waals surface area contributed by atoms with E-state index in [1.165, 1.54) is 12.3 Å². The second-order valence-corrected chi connectivity index (χ2v) is 10.6. The van der Waals surface area contributed by atoms with E-state index in [0.717, 1.165) is 31.5 Å². The topological polar surface area (TPSA) is 138 Å². The lowest BCUT2D eigenvalue weighted by Crippen LogP contribution is -2.55. The molecule has 0 spiro atoms. The predicted molar refractivity (Wildman–Crippen MR) is 122 cm³/mol. The number of nitriles is 1. The molecule has 2 saturated heterocycles. The Labute approximate surface area is 193 Å². The summed E-state index contributed by atoms with van der Waals surface area (Å²) >= 11 is 0. The maximum Gasteiger partial charge on any atom is 0.263 e. The molecule has 2 bridgehead atoms. The number of amides is 1. The number of pyridine rings is 1. The molecule has 0 saturated carbocycles. The van der Waals surface area contributed by atoms with Crippen LogP contribution in [0.5, 0.6) is 5.75 Å². The highest BCUT2D eigenvalue weighted by Crippen LogP contribution is 2.38. The zero-order valence-electron chi connectivity index (χ0n) is 18.6. The second kappa shape index (κ2) is 8.65. The number of carbonyl (C=O) groups excluding carboxylic acids is 1. The van der Waals surface area contributed by atoms with Crippen molar-refractivity contribution in [3.05, 3.63) is 48.2 Å². The average molecular weight is 470 g/mol. The number of aromatic nitrogens is 1. The lowest BCUT2D eigenvalue weighted by molar-refractivity contribution is -0.135. The SMILES string of the molecule is CC(C)(Oc1ccc(C#N)cc1)C(=O)NC1C[C@H]2CC[C@@H](C1)N2c1ccc(S(N)(=O)=O)cn1. The van der Waals surface area contributed by atoms with Crippen LogP contribution >= 0.6 is 0 Å². The van der Waals surface area contributed by atoms with Gasteiger partial charge in [0.15, 0.2) is 5.60 Å². The Morgan fingerprint density at radius 3 is 2.33 bits per heavy atom. The lowest BCUT2D eigenvalue weighted by Gasteiger charge is -2.40. The quantitative estimate of drug-likeness (QED) is 0.660. The molecule has 10 heteroatoms. The van der Waals surface area contributed by atoms with Gasteiger partial charge in [0, 0.05) is 24.3 Å². The highest BCUT2D eigenvalue weighted by Gasteiger charge is 2.43. The Balaban J connectivity index is 1.39. The maximum atomic E-state index is 13.0. The number of fused-ring (bicyclic) bond motifs is 2. The molecule has 2 aromatic rings. The number of rotatable bonds is 6. The van der Waals surface area contributed by atoms with Gasteiger partial charge in [0.25, 0.3) is 5.91 Å². The Morgan fingerprint density at radius 1 is 1.18 bits per heavy atom. The van der Waals surface area contributed by atoms with Gasteiger partial charge in [-0.15, -0.1) is 0 Å². The normalized spacial score (nSPS) is 22.5. The van der Waals surface area contributed by atoms with Crippen LogP contribution in [-0.2, 0) is 14.8 Å². The van der Waals surface area contributed by atoms with Crippen molar-refractivity contribution in [1.82, 2.24) is 10.3 Å². The Bertz CT molecular complexity index is 1160. The summed E-state index contributed by atoms with van der Waals surface area (Å²) in [7, 11) is -3.78. The van der Waals surface area contributed by atoms with E-state index in [4.69, 9.17) is 15.1 Å². The van der Waals surface area contributed by atoms with E-state index < -0.39 is 15.6 Å². The number of nitrogens with zero attached hydrogens (tertiary/aromatic N) is 3. The van der Waals surface area contributed by atoms with Crippen LogP contribution in [0.3, 0.4) is 0 Å². The molecule has 1 amide bonds. The number of hydrogen-bond acceptors (Lipinski definition) is 7. The molecule has 2 fully saturated rings. The summed E-state index contributed by atoms with van der Waals surface area (Å²) in [6, 6.07) is 12.3. The lowest BCUT2D eigenvalue weighted by atomic mass is 9.96. The van der Waals surface area contributed by atoms with Gasteiger partial charge in [0.05, 0.1) is 11.6 Å². The molecule has 1 unspecified atom stereocenters. The summed E-state index contributed by atoms with van der Waals surface area (Å²) in [5.74, 6) is 1.06. The third-order valence-electron chi connectivity index (χ3n) is 6.29. The number of primary sulfonamides is 1. The molecule has 3 N–H and O–H groups in total. The molecule has 4 rings (SSSR count). The summed E-state index contributed by atoms with van der Waals surface area (Å²) in [4.78, 5) is 19.5. The van der Waals surface area contributed by atoms with Crippen LogP contribution in [0, 0.1) is 11.3 Å². The summed E-state index contributed by atoms with van der Waals surface area (Å²) in [5.41, 5.74) is -0.546. The zero-order chi connectivity index (χ0) is 23.8. The number of ether oxygens (including phenoxy) is 1. The summed E-state index contributed by atoms with van der Waals surface area (Å²) in [6.07, 6.45) is 4.81. The highest BCUT2D eigenvalue weighted by molar-refractivity contribution is 7.89. The molecule has 33 heavy (non-hydrogen) atoms. The van der Waals surface area contributed by atoms with Crippen molar-refractivity contribution in [3.8, 4) is 11.8 Å². The second-order valence-electron chi connectivity index (χ2n) is 9.08. The standard InChI is InChI=1S/C23H27N5O4S/c1-23(2,32-19-7-3-15(13-24)4-8-19)22(29)27-16-11-17-5-6-18(12-16)28(17)21-10-9-20(14-26-21)33(25,30)31/h3-4,7-10,14,16-18H,5-6,11-12H2,1-2H3,(H,27,29)(H2,25,30,31)/t16?,17-,18+. The van der Waals surface area contributed by atoms with E-state index in [2.05, 4.69) is 21.3 Å². The molecule has 3 atom stereocenters. The number of piperidine rings is 1. The van der Waals surface area contributed by atoms with E-state index in [-0.39, 0.29) is 28.9 Å². The molecule has 0 radical (unpaired) electrons. The van der Waals surface area contributed by atoms with E-state index in [9.17, 15) is 13.2 Å². The van der Waals surface area contributed by atoms with Crippen LogP contribution in [0.15, 0.2) is 47.5 Å². The number of nitrogens with one attached hydrogen (secondary N) is 1. The van der Waals surface area contributed by atoms with Crippen molar-refractivity contribution in [2.24, 2.45) is 5.14 Å². The molecule has 0 aliphatic carbocycles. The number of hydrogen-bond donors (Lipinski definition) is 2. The van der Waals surface area contributed by atoms with E-state index >= 15 is 0 Å². The van der Waals surface area contributed by atoms with Crippen molar-refractivity contribution in [2.75, 3.05) is 4.90 Å². The van der Waals surface area contributed by atoms with Crippen LogP contribution in [0.1, 0.15) is 45.1 Å². The Kier molecular flexibility index (Phi) is 6.03. The minimum Gasteiger partial charge on any atom is -0.478 e. The fourth-order valence-electron chi connectivity index (χ4n) is 4.66. The number of anilines is 1. The van der Waals surface area contributed by atoms with Crippen molar-refractivity contribution in [2.45, 2.75) is 68.2 Å². The fraction of sp³-hybridized carbons (Fsp3) is 0.435. The average Bonchev–Trinajstić information content (AvgIpc) is 3.03. The third kappa shape index (κ3) is 4.94. The first-order chi connectivity index (χ1) is 15.6. The van der Waals surface area contributed by atoms with Gasteiger partial charge in [-0.2, -0.15) is 5.26 Å². The van der Waals surface area contributed by atoms with Crippen LogP contribution < -0.4 is 20.1 Å². The van der Waals surface area contributed by atoms with E-state index in [1.807, 2.05) is 0 Å². The zero-order valence-corrected chi connectivity index (χ0v) is 19.4. The molecule has 174 valence electrons.